The Kier molecular flexibility index (Phi) is 7.11. The van der Waals surface area contributed by atoms with Crippen molar-refractivity contribution in [2.24, 2.45) is 0 Å². The zero-order valence-electron chi connectivity index (χ0n) is 11.5. The third-order valence-corrected chi connectivity index (χ3v) is 2.80. The lowest BCUT2D eigenvalue weighted by Crippen LogP contribution is -2.42. The van der Waals surface area contributed by atoms with Crippen LogP contribution in [0.1, 0.15) is 26.7 Å². The average molecular weight is 285 g/mol. The molecule has 0 heterocycles. The third-order valence-electron chi connectivity index (χ3n) is 2.55. The molecule has 1 aromatic rings. The standard InChI is InChI=1S/C14H21ClN2O2/c1-3-9-17(10-4-2)14(18)16-11-19-13-7-5-12(15)6-8-13/h5-8H,3-4,9-11H2,1-2H3,(H,16,18). The van der Waals surface area contributed by atoms with Crippen LogP contribution in [0.4, 0.5) is 4.79 Å². The molecule has 0 bridgehead atoms. The van der Waals surface area contributed by atoms with Gasteiger partial charge in [0, 0.05) is 18.1 Å². The smallest absolute Gasteiger partial charge is 0.320 e. The van der Waals surface area contributed by atoms with Crippen molar-refractivity contribution in [1.29, 1.82) is 0 Å². The summed E-state index contributed by atoms with van der Waals surface area (Å²) in [5.74, 6) is 0.683. The van der Waals surface area contributed by atoms with Crippen LogP contribution in [0, 0.1) is 0 Å². The average Bonchev–Trinajstić information content (AvgIpc) is 2.40. The van der Waals surface area contributed by atoms with Gasteiger partial charge in [-0.05, 0) is 37.1 Å². The molecule has 1 N–H and O–H groups in total. The molecule has 0 aliphatic heterocycles. The van der Waals surface area contributed by atoms with Crippen LogP contribution in [0.25, 0.3) is 0 Å². The van der Waals surface area contributed by atoms with E-state index in [0.717, 1.165) is 25.9 Å². The zero-order chi connectivity index (χ0) is 14.1. The molecule has 4 nitrogen and oxygen atoms in total. The summed E-state index contributed by atoms with van der Waals surface area (Å²) in [4.78, 5) is 13.7. The van der Waals surface area contributed by atoms with Gasteiger partial charge in [-0.1, -0.05) is 25.4 Å². The number of nitrogens with one attached hydrogen (secondary N) is 1. The van der Waals surface area contributed by atoms with Crippen LogP contribution in [0.2, 0.25) is 5.02 Å². The van der Waals surface area contributed by atoms with Gasteiger partial charge in [-0.3, -0.25) is 0 Å². The van der Waals surface area contributed by atoms with Gasteiger partial charge in [-0.2, -0.15) is 0 Å². The molecule has 106 valence electrons. The second-order valence-electron chi connectivity index (χ2n) is 4.21. The quantitative estimate of drug-likeness (QED) is 0.779. The van der Waals surface area contributed by atoms with Crippen molar-refractivity contribution in [3.05, 3.63) is 29.3 Å². The predicted molar refractivity (Wildman–Crippen MR) is 77.6 cm³/mol. The Balaban J connectivity index is 2.34. The van der Waals surface area contributed by atoms with Gasteiger partial charge >= 0.3 is 6.03 Å². The lowest BCUT2D eigenvalue weighted by atomic mass is 10.3. The number of carbonyl (C=O) groups is 1. The second-order valence-corrected chi connectivity index (χ2v) is 4.65. The van der Waals surface area contributed by atoms with Crippen LogP contribution >= 0.6 is 11.6 Å². The van der Waals surface area contributed by atoms with Crippen LogP contribution in [0.5, 0.6) is 5.75 Å². The van der Waals surface area contributed by atoms with Gasteiger partial charge < -0.3 is 15.0 Å². The van der Waals surface area contributed by atoms with E-state index in [1.165, 1.54) is 0 Å². The molecule has 1 rings (SSSR count). The van der Waals surface area contributed by atoms with Crippen molar-refractivity contribution in [1.82, 2.24) is 10.2 Å². The molecule has 2 amide bonds. The highest BCUT2D eigenvalue weighted by atomic mass is 35.5. The number of hydrogen-bond donors (Lipinski definition) is 1. The maximum Gasteiger partial charge on any atom is 0.320 e. The molecule has 0 aliphatic carbocycles. The highest BCUT2D eigenvalue weighted by molar-refractivity contribution is 6.30. The maximum atomic E-state index is 11.9. The van der Waals surface area contributed by atoms with Gasteiger partial charge in [0.2, 0.25) is 0 Å². The second kappa shape index (κ2) is 8.64. The first-order chi connectivity index (χ1) is 9.17. The van der Waals surface area contributed by atoms with E-state index in [4.69, 9.17) is 16.3 Å². The summed E-state index contributed by atoms with van der Waals surface area (Å²) in [6.07, 6.45) is 1.90. The van der Waals surface area contributed by atoms with Crippen molar-refractivity contribution >= 4 is 17.6 Å². The van der Waals surface area contributed by atoms with E-state index in [0.29, 0.717) is 10.8 Å². The van der Waals surface area contributed by atoms with Crippen LogP contribution < -0.4 is 10.1 Å². The third kappa shape index (κ3) is 5.83. The van der Waals surface area contributed by atoms with E-state index in [2.05, 4.69) is 19.2 Å². The van der Waals surface area contributed by atoms with Crippen molar-refractivity contribution in [3.63, 3.8) is 0 Å². The normalized spacial score (nSPS) is 10.1. The first-order valence-corrected chi connectivity index (χ1v) is 6.96. The fraction of sp³-hybridized carbons (Fsp3) is 0.500. The largest absolute Gasteiger partial charge is 0.473 e. The molecular formula is C14H21ClN2O2. The number of nitrogens with zero attached hydrogens (tertiary/aromatic N) is 1. The Morgan fingerprint density at radius 2 is 1.79 bits per heavy atom. The highest BCUT2D eigenvalue weighted by Gasteiger charge is 2.10. The fourth-order valence-electron chi connectivity index (χ4n) is 1.68. The molecule has 5 heteroatoms. The van der Waals surface area contributed by atoms with Crippen LogP contribution in [-0.2, 0) is 0 Å². The summed E-state index contributed by atoms with van der Waals surface area (Å²) < 4.78 is 5.42. The summed E-state index contributed by atoms with van der Waals surface area (Å²) in [6.45, 7) is 5.80. The first-order valence-electron chi connectivity index (χ1n) is 6.58. The van der Waals surface area contributed by atoms with E-state index < -0.39 is 0 Å². The summed E-state index contributed by atoms with van der Waals surface area (Å²) in [7, 11) is 0. The van der Waals surface area contributed by atoms with Gasteiger partial charge in [-0.15, -0.1) is 0 Å². The minimum atomic E-state index is -0.0855. The molecule has 0 aromatic heterocycles. The van der Waals surface area contributed by atoms with Gasteiger partial charge in [0.15, 0.2) is 6.73 Å². The number of halogens is 1. The van der Waals surface area contributed by atoms with Crippen LogP contribution in [0.15, 0.2) is 24.3 Å². The van der Waals surface area contributed by atoms with Crippen LogP contribution in [-0.4, -0.2) is 30.8 Å². The maximum absolute atomic E-state index is 11.9. The number of urea groups is 1. The summed E-state index contributed by atoms with van der Waals surface area (Å²) in [5.41, 5.74) is 0. The van der Waals surface area contributed by atoms with E-state index in [-0.39, 0.29) is 12.8 Å². The Labute approximate surface area is 119 Å². The van der Waals surface area contributed by atoms with E-state index in [1.54, 1.807) is 29.2 Å². The number of amides is 2. The molecule has 0 aliphatic rings. The molecule has 0 saturated heterocycles. The Hall–Kier alpha value is -1.42. The monoisotopic (exact) mass is 284 g/mol. The predicted octanol–water partition coefficient (Wildman–Crippen LogP) is 3.51. The van der Waals surface area contributed by atoms with E-state index in [9.17, 15) is 4.79 Å². The van der Waals surface area contributed by atoms with Crippen molar-refractivity contribution in [3.8, 4) is 5.75 Å². The Bertz CT molecular complexity index is 376. The van der Waals surface area contributed by atoms with Gasteiger partial charge in [0.25, 0.3) is 0 Å². The molecular weight excluding hydrogens is 264 g/mol. The van der Waals surface area contributed by atoms with Crippen molar-refractivity contribution in [2.45, 2.75) is 26.7 Å². The van der Waals surface area contributed by atoms with E-state index in [1.807, 2.05) is 0 Å². The van der Waals surface area contributed by atoms with Gasteiger partial charge in [0.05, 0.1) is 0 Å². The fourth-order valence-corrected chi connectivity index (χ4v) is 1.80. The first kappa shape index (κ1) is 15.6. The lowest BCUT2D eigenvalue weighted by molar-refractivity contribution is 0.184. The molecule has 0 spiro atoms. The molecule has 0 saturated carbocycles. The minimum Gasteiger partial charge on any atom is -0.473 e. The van der Waals surface area contributed by atoms with E-state index >= 15 is 0 Å². The molecule has 0 fully saturated rings. The summed E-state index contributed by atoms with van der Waals surface area (Å²) in [6, 6.07) is 6.95. The molecule has 0 atom stereocenters. The number of hydrogen-bond acceptors (Lipinski definition) is 2. The van der Waals surface area contributed by atoms with Crippen molar-refractivity contribution < 1.29 is 9.53 Å². The zero-order valence-corrected chi connectivity index (χ0v) is 12.2. The number of rotatable bonds is 7. The topological polar surface area (TPSA) is 41.6 Å². The lowest BCUT2D eigenvalue weighted by Gasteiger charge is -2.21. The summed E-state index contributed by atoms with van der Waals surface area (Å²) in [5, 5.41) is 3.41. The Morgan fingerprint density at radius 3 is 2.32 bits per heavy atom. The van der Waals surface area contributed by atoms with Gasteiger partial charge in [-0.25, -0.2) is 4.79 Å². The summed E-state index contributed by atoms with van der Waals surface area (Å²) >= 11 is 5.78. The minimum absolute atomic E-state index is 0.0855. The highest BCUT2D eigenvalue weighted by Crippen LogP contribution is 2.14. The number of carbonyl (C=O) groups excluding carboxylic acids is 1. The molecule has 0 unspecified atom stereocenters. The molecule has 1 aromatic carbocycles. The number of ether oxygens (including phenoxy) is 1. The van der Waals surface area contributed by atoms with Crippen molar-refractivity contribution in [2.75, 3.05) is 19.8 Å². The SMILES string of the molecule is CCCN(CCC)C(=O)NCOc1ccc(Cl)cc1. The number of benzene rings is 1. The van der Waals surface area contributed by atoms with Crippen LogP contribution in [0.3, 0.4) is 0 Å². The van der Waals surface area contributed by atoms with Gasteiger partial charge in [0.1, 0.15) is 5.75 Å². The molecule has 0 radical (unpaired) electrons. The molecule has 19 heavy (non-hydrogen) atoms. The Morgan fingerprint density at radius 1 is 1.21 bits per heavy atom.